The molecule has 0 spiro atoms. The topological polar surface area (TPSA) is 138 Å². The molecule has 2 N–H and O–H groups in total. The maximum Gasteiger partial charge on any atom is 0.407 e. The van der Waals surface area contributed by atoms with Gasteiger partial charge in [-0.25, -0.2) is 19.7 Å². The lowest BCUT2D eigenvalue weighted by atomic mass is 10.1. The largest absolute Gasteiger partial charge is 0.465 e. The fourth-order valence-electron chi connectivity index (χ4n) is 4.49. The lowest BCUT2D eigenvalue weighted by molar-refractivity contribution is -0.384. The number of piperazine rings is 1. The van der Waals surface area contributed by atoms with E-state index >= 15 is 0 Å². The van der Waals surface area contributed by atoms with Gasteiger partial charge in [0.05, 0.1) is 28.8 Å². The van der Waals surface area contributed by atoms with E-state index in [1.807, 2.05) is 25.1 Å². The van der Waals surface area contributed by atoms with Crippen LogP contribution in [0.4, 0.5) is 27.9 Å². The minimum absolute atomic E-state index is 0.0495. The van der Waals surface area contributed by atoms with Crippen molar-refractivity contribution in [2.75, 3.05) is 23.3 Å². The molecule has 11 nitrogen and oxygen atoms in total. The summed E-state index contributed by atoms with van der Waals surface area (Å²) in [7, 11) is 0. The van der Waals surface area contributed by atoms with E-state index in [2.05, 4.69) is 25.2 Å². The molecule has 2 fully saturated rings. The van der Waals surface area contributed by atoms with E-state index in [4.69, 9.17) is 0 Å². The number of amides is 1. The first-order valence-electron chi connectivity index (χ1n) is 10.5. The van der Waals surface area contributed by atoms with Crippen molar-refractivity contribution in [1.29, 1.82) is 0 Å². The van der Waals surface area contributed by atoms with Crippen molar-refractivity contribution >= 4 is 29.2 Å². The highest BCUT2D eigenvalue weighted by Gasteiger charge is 2.45. The molecule has 0 saturated carbocycles. The maximum atomic E-state index is 11.6. The van der Waals surface area contributed by atoms with Gasteiger partial charge in [-0.2, -0.15) is 0 Å². The van der Waals surface area contributed by atoms with Crippen molar-refractivity contribution in [3.05, 3.63) is 64.5 Å². The smallest absolute Gasteiger partial charge is 0.407 e. The molecule has 1 amide bonds. The molecule has 2 saturated heterocycles. The normalized spacial score (nSPS) is 19.1. The summed E-state index contributed by atoms with van der Waals surface area (Å²) in [6.07, 6.45) is 3.17. The highest BCUT2D eigenvalue weighted by molar-refractivity contribution is 5.70. The third-order valence-electron chi connectivity index (χ3n) is 6.01. The molecule has 0 aromatic carbocycles. The van der Waals surface area contributed by atoms with E-state index in [9.17, 15) is 20.0 Å². The molecule has 2 aliphatic heterocycles. The van der Waals surface area contributed by atoms with Crippen molar-refractivity contribution in [3.8, 4) is 11.3 Å². The van der Waals surface area contributed by atoms with E-state index in [-0.39, 0.29) is 17.8 Å². The van der Waals surface area contributed by atoms with Crippen LogP contribution in [-0.4, -0.2) is 61.1 Å². The van der Waals surface area contributed by atoms with Crippen molar-refractivity contribution in [2.24, 2.45) is 0 Å². The van der Waals surface area contributed by atoms with Crippen LogP contribution in [0.1, 0.15) is 12.0 Å². The van der Waals surface area contributed by atoms with Gasteiger partial charge in [-0.15, -0.1) is 0 Å². The SMILES string of the molecule is Cc1ccnc(Nc2cc([N+](=O)[O-])cc(-c3ccnc(N4C[C@@H]5C[C@H]4CN5C(=O)O)c3)n2)c1. The standard InChI is InChI=1S/C22H21N7O4/c1-13-2-4-23-19(6-13)26-20-10-15(29(32)33)9-18(25-20)14-3-5-24-21(7-14)27-11-17-8-16(27)12-28(17)22(30)31/h2-7,9-10,16-17H,8,11-12H2,1H3,(H,30,31)(H,23,25,26)/t16-,17-/m0/s1. The van der Waals surface area contributed by atoms with E-state index in [1.165, 1.54) is 17.0 Å². The van der Waals surface area contributed by atoms with Crippen LogP contribution in [0, 0.1) is 17.0 Å². The number of aryl methyl sites for hydroxylation is 1. The third kappa shape index (κ3) is 4.00. The van der Waals surface area contributed by atoms with Crippen molar-refractivity contribution in [2.45, 2.75) is 25.4 Å². The number of nitrogens with zero attached hydrogens (tertiary/aromatic N) is 6. The number of anilines is 3. The molecule has 3 aromatic rings. The fourth-order valence-corrected chi connectivity index (χ4v) is 4.49. The predicted octanol–water partition coefficient (Wildman–Crippen LogP) is 3.44. The molecular formula is C22H21N7O4. The Balaban J connectivity index is 1.45. The number of carbonyl (C=O) groups is 1. The van der Waals surface area contributed by atoms with E-state index < -0.39 is 11.0 Å². The average Bonchev–Trinajstić information content (AvgIpc) is 3.40. The zero-order chi connectivity index (χ0) is 23.1. The zero-order valence-corrected chi connectivity index (χ0v) is 17.8. The van der Waals surface area contributed by atoms with Crippen LogP contribution in [0.25, 0.3) is 11.3 Å². The van der Waals surface area contributed by atoms with Gasteiger partial charge in [-0.05, 0) is 43.2 Å². The molecule has 168 valence electrons. The van der Waals surface area contributed by atoms with Gasteiger partial charge in [0.15, 0.2) is 0 Å². The first-order valence-corrected chi connectivity index (χ1v) is 10.5. The second-order valence-corrected chi connectivity index (χ2v) is 8.23. The van der Waals surface area contributed by atoms with Crippen molar-refractivity contribution in [3.63, 3.8) is 0 Å². The van der Waals surface area contributed by atoms with Crippen molar-refractivity contribution in [1.82, 2.24) is 19.9 Å². The van der Waals surface area contributed by atoms with E-state index in [0.717, 1.165) is 12.0 Å². The first-order chi connectivity index (χ1) is 15.9. The van der Waals surface area contributed by atoms with Gasteiger partial charge in [-0.1, -0.05) is 0 Å². The number of nitrogens with one attached hydrogen (secondary N) is 1. The lowest BCUT2D eigenvalue weighted by Gasteiger charge is -2.33. The van der Waals surface area contributed by atoms with Crippen molar-refractivity contribution < 1.29 is 14.8 Å². The number of nitro groups is 1. The quantitative estimate of drug-likeness (QED) is 0.445. The molecular weight excluding hydrogens is 426 g/mol. The minimum atomic E-state index is -0.896. The predicted molar refractivity (Wildman–Crippen MR) is 121 cm³/mol. The second kappa shape index (κ2) is 8.01. The average molecular weight is 447 g/mol. The van der Waals surface area contributed by atoms with Gasteiger partial charge in [0, 0.05) is 37.1 Å². The van der Waals surface area contributed by atoms with E-state index in [0.29, 0.717) is 41.8 Å². The van der Waals surface area contributed by atoms with Gasteiger partial charge >= 0.3 is 6.09 Å². The Bertz CT molecular complexity index is 1250. The monoisotopic (exact) mass is 447 g/mol. The Labute approximate surface area is 188 Å². The van der Waals surface area contributed by atoms with Crippen LogP contribution in [0.5, 0.6) is 0 Å². The molecule has 0 aliphatic carbocycles. The molecule has 2 aliphatic rings. The van der Waals surface area contributed by atoms with Crippen LogP contribution in [-0.2, 0) is 0 Å². The number of hydrogen-bond donors (Lipinski definition) is 2. The Hall–Kier alpha value is -4.28. The van der Waals surface area contributed by atoms with Crippen LogP contribution in [0.3, 0.4) is 0 Å². The summed E-state index contributed by atoms with van der Waals surface area (Å²) in [5.41, 5.74) is 2.02. The number of pyridine rings is 3. The Morgan fingerprint density at radius 3 is 2.64 bits per heavy atom. The lowest BCUT2D eigenvalue weighted by Crippen LogP contribution is -2.48. The number of hydrogen-bond acceptors (Lipinski definition) is 8. The van der Waals surface area contributed by atoms with Gasteiger partial charge < -0.3 is 20.2 Å². The summed E-state index contributed by atoms with van der Waals surface area (Å²) in [5, 5.41) is 23.9. The maximum absolute atomic E-state index is 11.6. The highest BCUT2D eigenvalue weighted by atomic mass is 16.6. The molecule has 5 heterocycles. The number of likely N-dealkylation sites (tertiary alicyclic amines) is 1. The minimum Gasteiger partial charge on any atom is -0.465 e. The molecule has 0 unspecified atom stereocenters. The van der Waals surface area contributed by atoms with Gasteiger partial charge in [0.1, 0.15) is 17.5 Å². The summed E-state index contributed by atoms with van der Waals surface area (Å²) < 4.78 is 0. The summed E-state index contributed by atoms with van der Waals surface area (Å²) in [6, 6.07) is 10.1. The summed E-state index contributed by atoms with van der Waals surface area (Å²) in [5.74, 6) is 1.56. The molecule has 2 bridgehead atoms. The summed E-state index contributed by atoms with van der Waals surface area (Å²) in [4.78, 5) is 39.3. The number of rotatable bonds is 5. The number of fused-ring (bicyclic) bond motifs is 2. The van der Waals surface area contributed by atoms with E-state index in [1.54, 1.807) is 18.5 Å². The Kier molecular flexibility index (Phi) is 5.00. The fraction of sp³-hybridized carbons (Fsp3) is 0.273. The Morgan fingerprint density at radius 2 is 1.94 bits per heavy atom. The van der Waals surface area contributed by atoms with Crippen LogP contribution in [0.2, 0.25) is 0 Å². The number of carboxylic acid groups (broad SMARTS) is 1. The Morgan fingerprint density at radius 1 is 1.12 bits per heavy atom. The first kappa shape index (κ1) is 20.6. The van der Waals surface area contributed by atoms with Gasteiger partial charge in [0.25, 0.3) is 5.69 Å². The molecule has 11 heteroatoms. The molecule has 3 aromatic heterocycles. The zero-order valence-electron chi connectivity index (χ0n) is 17.8. The van der Waals surface area contributed by atoms with Crippen LogP contribution >= 0.6 is 0 Å². The van der Waals surface area contributed by atoms with Crippen LogP contribution in [0.15, 0.2) is 48.8 Å². The second-order valence-electron chi connectivity index (χ2n) is 8.23. The summed E-state index contributed by atoms with van der Waals surface area (Å²) in [6.45, 7) is 2.94. The molecule has 33 heavy (non-hydrogen) atoms. The van der Waals surface area contributed by atoms with Gasteiger partial charge in [-0.3, -0.25) is 10.1 Å². The van der Waals surface area contributed by atoms with Gasteiger partial charge in [0.2, 0.25) is 0 Å². The molecule has 0 radical (unpaired) electrons. The van der Waals surface area contributed by atoms with Crippen LogP contribution < -0.4 is 10.2 Å². The summed E-state index contributed by atoms with van der Waals surface area (Å²) >= 11 is 0. The molecule has 5 rings (SSSR count). The highest BCUT2D eigenvalue weighted by Crippen LogP contribution is 2.35. The molecule has 2 atom stereocenters. The number of aromatic nitrogens is 3. The third-order valence-corrected chi connectivity index (χ3v) is 6.01.